The van der Waals surface area contributed by atoms with Gasteiger partial charge in [0.05, 0.1) is 0 Å². The Morgan fingerprint density at radius 2 is 1.14 bits per heavy atom. The number of rotatable bonds is 2. The maximum absolute atomic E-state index is 13.2. The van der Waals surface area contributed by atoms with Gasteiger partial charge in [-0.15, -0.1) is 0 Å². The van der Waals surface area contributed by atoms with Gasteiger partial charge in [0, 0.05) is 16.7 Å². The maximum atomic E-state index is 13.2. The molecule has 0 saturated carbocycles. The summed E-state index contributed by atoms with van der Waals surface area (Å²) in [6, 6.07) is 40.0. The van der Waals surface area contributed by atoms with Gasteiger partial charge >= 0.3 is 7.82 Å². The molecule has 1 atom stereocenters. The van der Waals surface area contributed by atoms with Crippen LogP contribution in [0, 0.1) is 0 Å². The van der Waals surface area contributed by atoms with Gasteiger partial charge in [0.1, 0.15) is 11.5 Å². The molecule has 178 valence electrons. The van der Waals surface area contributed by atoms with Crippen LogP contribution >= 0.6 is 7.82 Å². The summed E-state index contributed by atoms with van der Waals surface area (Å²) in [6.07, 6.45) is 0. The van der Waals surface area contributed by atoms with Crippen molar-refractivity contribution in [2.24, 2.45) is 0 Å². The molecule has 1 aliphatic rings. The molecule has 0 aromatic heterocycles. The van der Waals surface area contributed by atoms with Crippen molar-refractivity contribution in [1.29, 1.82) is 0 Å². The Bertz CT molecular complexity index is 1860. The lowest BCUT2D eigenvalue weighted by atomic mass is 9.88. The minimum atomic E-state index is -4.46. The van der Waals surface area contributed by atoms with E-state index < -0.39 is 7.82 Å². The van der Waals surface area contributed by atoms with Gasteiger partial charge < -0.3 is 9.05 Å². The molecule has 0 amide bonds. The second-order valence-corrected chi connectivity index (χ2v) is 10.4. The van der Waals surface area contributed by atoms with Gasteiger partial charge in [-0.3, -0.25) is 4.89 Å². The van der Waals surface area contributed by atoms with E-state index >= 15 is 0 Å². The number of fused-ring (bicyclic) bond motifs is 7. The van der Waals surface area contributed by atoms with E-state index in [1.165, 1.54) is 0 Å². The van der Waals surface area contributed by atoms with E-state index in [1.807, 2.05) is 91.0 Å². The Balaban J connectivity index is 1.55. The summed E-state index contributed by atoms with van der Waals surface area (Å²) in [5.41, 5.74) is 5.32. The zero-order valence-electron chi connectivity index (χ0n) is 19.7. The normalized spacial score (nSPS) is 16.4. The van der Waals surface area contributed by atoms with Crippen LogP contribution in [0.15, 0.2) is 121 Å². The average Bonchev–Trinajstić information content (AvgIpc) is 3.06. The van der Waals surface area contributed by atoms with Gasteiger partial charge in [-0.2, -0.15) is 0 Å². The van der Waals surface area contributed by atoms with Gasteiger partial charge in [0.25, 0.3) is 0 Å². The van der Waals surface area contributed by atoms with E-state index in [2.05, 4.69) is 24.3 Å². The Morgan fingerprint density at radius 3 is 1.89 bits per heavy atom. The molecule has 0 bridgehead atoms. The highest BCUT2D eigenvalue weighted by Gasteiger charge is 2.35. The van der Waals surface area contributed by atoms with Crippen LogP contribution in [0.25, 0.3) is 54.9 Å². The number of benzene rings is 6. The molecule has 0 fully saturated rings. The minimum absolute atomic E-state index is 0.324. The number of hydrogen-bond donors (Lipinski definition) is 1. The van der Waals surface area contributed by atoms with Crippen molar-refractivity contribution in [3.8, 4) is 44.9 Å². The Hall–Kier alpha value is -4.37. The largest absolute Gasteiger partial charge is 0.584 e. The highest BCUT2D eigenvalue weighted by molar-refractivity contribution is 7.48. The van der Waals surface area contributed by atoms with Crippen molar-refractivity contribution >= 4 is 29.4 Å². The van der Waals surface area contributed by atoms with Crippen LogP contribution in [0.1, 0.15) is 0 Å². The van der Waals surface area contributed by atoms with E-state index in [0.717, 1.165) is 54.9 Å². The quantitative estimate of drug-likeness (QED) is 0.241. The summed E-state index contributed by atoms with van der Waals surface area (Å²) in [4.78, 5) is 10.8. The molecule has 5 heteroatoms. The molecule has 6 aromatic carbocycles. The fourth-order valence-electron chi connectivity index (χ4n) is 5.20. The van der Waals surface area contributed by atoms with Crippen LogP contribution in [-0.2, 0) is 4.57 Å². The van der Waals surface area contributed by atoms with Crippen molar-refractivity contribution in [3.05, 3.63) is 121 Å². The summed E-state index contributed by atoms with van der Waals surface area (Å²) in [5, 5.41) is 3.85. The molecule has 1 heterocycles. The first-order chi connectivity index (χ1) is 18.1. The zero-order valence-corrected chi connectivity index (χ0v) is 20.6. The van der Waals surface area contributed by atoms with Crippen LogP contribution in [0.2, 0.25) is 0 Å². The molecular weight excluding hydrogens is 479 g/mol. The second-order valence-electron chi connectivity index (χ2n) is 9.10. The average molecular weight is 500 g/mol. The van der Waals surface area contributed by atoms with Crippen molar-refractivity contribution < 1.29 is 18.5 Å². The van der Waals surface area contributed by atoms with Gasteiger partial charge in [0.2, 0.25) is 0 Å². The Morgan fingerprint density at radius 1 is 0.541 bits per heavy atom. The van der Waals surface area contributed by atoms with E-state index in [4.69, 9.17) is 9.05 Å². The van der Waals surface area contributed by atoms with E-state index in [-0.39, 0.29) is 0 Å². The molecule has 1 unspecified atom stereocenters. The van der Waals surface area contributed by atoms with Crippen molar-refractivity contribution in [1.82, 2.24) is 0 Å². The lowest BCUT2D eigenvalue weighted by Crippen LogP contribution is -1.99. The molecule has 0 spiro atoms. The number of phosphoric acid groups is 1. The molecule has 4 nitrogen and oxygen atoms in total. The Labute approximate surface area is 214 Å². The third-order valence-electron chi connectivity index (χ3n) is 6.87. The predicted molar refractivity (Wildman–Crippen MR) is 149 cm³/mol. The van der Waals surface area contributed by atoms with Crippen molar-refractivity contribution in [2.75, 3.05) is 0 Å². The summed E-state index contributed by atoms with van der Waals surface area (Å²) < 4.78 is 24.7. The molecule has 1 N–H and O–H groups in total. The summed E-state index contributed by atoms with van der Waals surface area (Å²) in [7, 11) is -4.46. The SMILES string of the molecule is O=P1(O)Oc2ccc3ccccc3c2-c2c(c(-c3ccc(-c4ccccc4)cc3)cc3ccccc23)O1. The molecule has 1 aliphatic heterocycles. The zero-order chi connectivity index (χ0) is 25.0. The van der Waals surface area contributed by atoms with Crippen molar-refractivity contribution in [3.63, 3.8) is 0 Å². The smallest absolute Gasteiger partial charge is 0.395 e. The third kappa shape index (κ3) is 3.70. The van der Waals surface area contributed by atoms with E-state index in [0.29, 0.717) is 11.5 Å². The standard InChI is InChI=1S/C32H21O4P/c33-37(34)35-29-19-18-23-10-4-6-12-26(23)30(29)31-27-13-7-5-11-25(27)20-28(32(31)36-37)24-16-14-22(15-17-24)21-8-2-1-3-9-21/h1-20H,(H,33,34). The van der Waals surface area contributed by atoms with E-state index in [1.54, 1.807) is 6.07 Å². The molecule has 37 heavy (non-hydrogen) atoms. The predicted octanol–water partition coefficient (Wildman–Crippen LogP) is 8.87. The number of hydrogen-bond acceptors (Lipinski definition) is 3. The van der Waals surface area contributed by atoms with Gasteiger partial charge in [0.15, 0.2) is 0 Å². The Kier molecular flexibility index (Phi) is 4.93. The highest BCUT2D eigenvalue weighted by atomic mass is 31.2. The fraction of sp³-hybridized carbons (Fsp3) is 0. The molecule has 6 aromatic rings. The van der Waals surface area contributed by atoms with E-state index in [9.17, 15) is 9.46 Å². The molecular formula is C32H21O4P. The lowest BCUT2D eigenvalue weighted by molar-refractivity contribution is 0.295. The first kappa shape index (κ1) is 21.9. The summed E-state index contributed by atoms with van der Waals surface area (Å²) >= 11 is 0. The van der Waals surface area contributed by atoms with Gasteiger partial charge in [-0.05, 0) is 50.4 Å². The molecule has 0 radical (unpaired) electrons. The van der Waals surface area contributed by atoms with Crippen LogP contribution in [0.3, 0.4) is 0 Å². The van der Waals surface area contributed by atoms with Gasteiger partial charge in [-0.1, -0.05) is 109 Å². The van der Waals surface area contributed by atoms with Gasteiger partial charge in [-0.25, -0.2) is 4.57 Å². The van der Waals surface area contributed by atoms with Crippen LogP contribution in [-0.4, -0.2) is 4.89 Å². The van der Waals surface area contributed by atoms with Crippen LogP contribution < -0.4 is 9.05 Å². The highest BCUT2D eigenvalue weighted by Crippen LogP contribution is 2.59. The fourth-order valence-corrected chi connectivity index (χ4v) is 6.06. The van der Waals surface area contributed by atoms with Crippen LogP contribution in [0.4, 0.5) is 0 Å². The molecule has 0 aliphatic carbocycles. The topological polar surface area (TPSA) is 55.8 Å². The summed E-state index contributed by atoms with van der Waals surface area (Å²) in [5.74, 6) is 0.664. The monoisotopic (exact) mass is 500 g/mol. The molecule has 0 saturated heterocycles. The third-order valence-corrected chi connectivity index (χ3v) is 7.71. The minimum Gasteiger partial charge on any atom is -0.395 e. The summed E-state index contributed by atoms with van der Waals surface area (Å²) in [6.45, 7) is 0. The first-order valence-electron chi connectivity index (χ1n) is 12.0. The van der Waals surface area contributed by atoms with Crippen molar-refractivity contribution in [2.45, 2.75) is 0 Å². The molecule has 7 rings (SSSR count). The first-order valence-corrected chi connectivity index (χ1v) is 13.5. The number of phosphoric ester groups is 1. The lowest BCUT2D eigenvalue weighted by Gasteiger charge is -2.18. The van der Waals surface area contributed by atoms with Crippen LogP contribution in [0.5, 0.6) is 11.5 Å². The maximum Gasteiger partial charge on any atom is 0.584 e. The second kappa shape index (κ2) is 8.35.